The van der Waals surface area contributed by atoms with Crippen LogP contribution in [0.1, 0.15) is 13.3 Å². The SMILES string of the molecule is CCOCCSN1CCC1=O. The summed E-state index contributed by atoms with van der Waals surface area (Å²) in [5.74, 6) is 1.14. The lowest BCUT2D eigenvalue weighted by molar-refractivity contribution is -0.132. The molecular formula is C7H13NO2S. The van der Waals surface area contributed by atoms with Gasteiger partial charge < -0.3 is 4.74 Å². The third-order valence-corrected chi connectivity index (χ3v) is 2.53. The minimum absolute atomic E-state index is 0.256. The lowest BCUT2D eigenvalue weighted by Gasteiger charge is -2.28. The van der Waals surface area contributed by atoms with Gasteiger partial charge in [-0.1, -0.05) is 0 Å². The van der Waals surface area contributed by atoms with E-state index in [4.69, 9.17) is 4.74 Å². The van der Waals surface area contributed by atoms with E-state index in [1.54, 1.807) is 16.3 Å². The van der Waals surface area contributed by atoms with Crippen molar-refractivity contribution in [2.75, 3.05) is 25.5 Å². The standard InChI is InChI=1S/C7H13NO2S/c1-2-10-5-6-11-8-4-3-7(8)9/h2-6H2,1H3. The predicted octanol–water partition coefficient (Wildman–Crippen LogP) is 0.903. The van der Waals surface area contributed by atoms with E-state index in [0.29, 0.717) is 0 Å². The first kappa shape index (κ1) is 8.87. The molecule has 0 aromatic carbocycles. The van der Waals surface area contributed by atoms with Crippen LogP contribution in [0, 0.1) is 0 Å². The number of amides is 1. The summed E-state index contributed by atoms with van der Waals surface area (Å²) in [6, 6.07) is 0. The zero-order valence-electron chi connectivity index (χ0n) is 6.71. The van der Waals surface area contributed by atoms with Gasteiger partial charge in [-0.15, -0.1) is 0 Å². The Morgan fingerprint density at radius 1 is 1.73 bits per heavy atom. The Balaban J connectivity index is 1.91. The van der Waals surface area contributed by atoms with Crippen LogP contribution in [0.5, 0.6) is 0 Å². The minimum Gasteiger partial charge on any atom is -0.381 e. The highest BCUT2D eigenvalue weighted by Gasteiger charge is 2.23. The summed E-state index contributed by atoms with van der Waals surface area (Å²) < 4.78 is 6.92. The molecule has 64 valence electrons. The van der Waals surface area contributed by atoms with Gasteiger partial charge in [0.1, 0.15) is 0 Å². The largest absolute Gasteiger partial charge is 0.381 e. The zero-order chi connectivity index (χ0) is 8.10. The first-order valence-corrected chi connectivity index (χ1v) is 4.80. The Labute approximate surface area is 71.2 Å². The Morgan fingerprint density at radius 2 is 2.55 bits per heavy atom. The van der Waals surface area contributed by atoms with Crippen LogP contribution in [0.15, 0.2) is 0 Å². The molecule has 0 spiro atoms. The van der Waals surface area contributed by atoms with Gasteiger partial charge in [-0.2, -0.15) is 0 Å². The average Bonchev–Trinajstić information content (AvgIpc) is 2.02. The first-order valence-electron chi connectivity index (χ1n) is 3.85. The number of hydrogen-bond acceptors (Lipinski definition) is 3. The van der Waals surface area contributed by atoms with Crippen molar-refractivity contribution in [3.8, 4) is 0 Å². The maximum Gasteiger partial charge on any atom is 0.234 e. The van der Waals surface area contributed by atoms with Gasteiger partial charge in [0.2, 0.25) is 5.91 Å². The number of rotatable bonds is 5. The van der Waals surface area contributed by atoms with Gasteiger partial charge in [0.25, 0.3) is 0 Å². The maximum atomic E-state index is 10.8. The number of nitrogens with zero attached hydrogens (tertiary/aromatic N) is 1. The van der Waals surface area contributed by atoms with Crippen molar-refractivity contribution in [3.63, 3.8) is 0 Å². The molecule has 1 saturated heterocycles. The number of hydrogen-bond donors (Lipinski definition) is 0. The highest BCUT2D eigenvalue weighted by Crippen LogP contribution is 2.19. The van der Waals surface area contributed by atoms with Crippen LogP contribution in [0.2, 0.25) is 0 Å². The van der Waals surface area contributed by atoms with Crippen LogP contribution < -0.4 is 0 Å². The van der Waals surface area contributed by atoms with Crippen molar-refractivity contribution in [2.45, 2.75) is 13.3 Å². The molecule has 0 saturated carbocycles. The molecule has 1 aliphatic rings. The second kappa shape index (κ2) is 4.62. The van der Waals surface area contributed by atoms with Crippen LogP contribution in [0.25, 0.3) is 0 Å². The van der Waals surface area contributed by atoms with E-state index in [1.165, 1.54) is 0 Å². The Hall–Kier alpha value is -0.220. The molecular weight excluding hydrogens is 162 g/mol. The zero-order valence-corrected chi connectivity index (χ0v) is 7.52. The van der Waals surface area contributed by atoms with Gasteiger partial charge >= 0.3 is 0 Å². The van der Waals surface area contributed by atoms with Crippen molar-refractivity contribution in [1.29, 1.82) is 0 Å². The third-order valence-electron chi connectivity index (χ3n) is 1.49. The fourth-order valence-corrected chi connectivity index (χ4v) is 1.65. The molecule has 0 bridgehead atoms. The van der Waals surface area contributed by atoms with Crippen molar-refractivity contribution in [3.05, 3.63) is 0 Å². The molecule has 3 nitrogen and oxygen atoms in total. The normalized spacial score (nSPS) is 16.8. The molecule has 1 aliphatic heterocycles. The summed E-state index contributed by atoms with van der Waals surface area (Å²) in [6.07, 6.45) is 0.724. The van der Waals surface area contributed by atoms with Crippen LogP contribution in [-0.4, -0.2) is 35.7 Å². The summed E-state index contributed by atoms with van der Waals surface area (Å²) in [7, 11) is 0. The van der Waals surface area contributed by atoms with E-state index in [-0.39, 0.29) is 5.91 Å². The number of ether oxygens (including phenoxy) is 1. The third kappa shape index (κ3) is 2.71. The van der Waals surface area contributed by atoms with E-state index in [9.17, 15) is 4.79 Å². The van der Waals surface area contributed by atoms with Crippen LogP contribution in [0.3, 0.4) is 0 Å². The summed E-state index contributed by atoms with van der Waals surface area (Å²) in [6.45, 7) is 4.38. The molecule has 0 unspecified atom stereocenters. The lowest BCUT2D eigenvalue weighted by Crippen LogP contribution is -2.38. The monoisotopic (exact) mass is 175 g/mol. The molecule has 0 aromatic rings. The molecule has 0 N–H and O–H groups in total. The second-order valence-corrected chi connectivity index (χ2v) is 3.38. The van der Waals surface area contributed by atoms with E-state index in [2.05, 4.69) is 0 Å². The highest BCUT2D eigenvalue weighted by molar-refractivity contribution is 7.97. The highest BCUT2D eigenvalue weighted by atomic mass is 32.2. The van der Waals surface area contributed by atoms with Crippen molar-refractivity contribution in [1.82, 2.24) is 4.31 Å². The molecule has 0 aromatic heterocycles. The van der Waals surface area contributed by atoms with Crippen molar-refractivity contribution < 1.29 is 9.53 Å². The summed E-state index contributed by atoms with van der Waals surface area (Å²) in [5.41, 5.74) is 0. The van der Waals surface area contributed by atoms with Crippen LogP contribution >= 0.6 is 11.9 Å². The van der Waals surface area contributed by atoms with Crippen molar-refractivity contribution in [2.24, 2.45) is 0 Å². The molecule has 0 radical (unpaired) electrons. The fraction of sp³-hybridized carbons (Fsp3) is 0.857. The molecule has 1 fully saturated rings. The Morgan fingerprint density at radius 3 is 3.00 bits per heavy atom. The number of β-lactam (4-membered cyclic amide) rings is 1. The predicted molar refractivity (Wildman–Crippen MR) is 45.3 cm³/mol. The molecule has 1 heterocycles. The van der Waals surface area contributed by atoms with Crippen LogP contribution in [-0.2, 0) is 9.53 Å². The number of carbonyl (C=O) groups excluding carboxylic acids is 1. The average molecular weight is 175 g/mol. The van der Waals surface area contributed by atoms with E-state index >= 15 is 0 Å². The summed E-state index contributed by atoms with van der Waals surface area (Å²) >= 11 is 1.57. The molecule has 0 atom stereocenters. The Bertz CT molecular complexity index is 140. The molecule has 1 amide bonds. The number of carbonyl (C=O) groups is 1. The summed E-state index contributed by atoms with van der Waals surface area (Å²) in [5, 5.41) is 0. The van der Waals surface area contributed by atoms with Gasteiger partial charge in [-0.3, -0.25) is 9.10 Å². The van der Waals surface area contributed by atoms with Crippen molar-refractivity contribution >= 4 is 17.9 Å². The van der Waals surface area contributed by atoms with Gasteiger partial charge in [0.15, 0.2) is 0 Å². The lowest BCUT2D eigenvalue weighted by atomic mass is 10.3. The van der Waals surface area contributed by atoms with Gasteiger partial charge in [-0.05, 0) is 18.9 Å². The maximum absolute atomic E-state index is 10.8. The van der Waals surface area contributed by atoms with E-state index in [1.807, 2.05) is 6.92 Å². The van der Waals surface area contributed by atoms with E-state index in [0.717, 1.165) is 31.9 Å². The van der Waals surface area contributed by atoms with Gasteiger partial charge in [0.05, 0.1) is 6.61 Å². The Kier molecular flexibility index (Phi) is 3.72. The van der Waals surface area contributed by atoms with E-state index < -0.39 is 0 Å². The fourth-order valence-electron chi connectivity index (χ4n) is 0.782. The second-order valence-electron chi connectivity index (χ2n) is 2.28. The summed E-state index contributed by atoms with van der Waals surface area (Å²) in [4.78, 5) is 10.8. The quantitative estimate of drug-likeness (QED) is 0.353. The van der Waals surface area contributed by atoms with Gasteiger partial charge in [-0.25, -0.2) is 0 Å². The molecule has 11 heavy (non-hydrogen) atoms. The molecule has 4 heteroatoms. The minimum atomic E-state index is 0.256. The van der Waals surface area contributed by atoms with Crippen LogP contribution in [0.4, 0.5) is 0 Å². The first-order chi connectivity index (χ1) is 5.34. The molecule has 0 aliphatic carbocycles. The topological polar surface area (TPSA) is 29.5 Å². The molecule has 1 rings (SSSR count). The smallest absolute Gasteiger partial charge is 0.234 e. The van der Waals surface area contributed by atoms with Gasteiger partial charge in [0, 0.05) is 25.3 Å².